The molecule has 1 saturated heterocycles. The zero-order chi connectivity index (χ0) is 18.8. The van der Waals surface area contributed by atoms with Crippen LogP contribution in [0.25, 0.3) is 0 Å². The summed E-state index contributed by atoms with van der Waals surface area (Å²) in [6.07, 6.45) is -19.9. The van der Waals surface area contributed by atoms with Gasteiger partial charge in [-0.1, -0.05) is 0 Å². The molecular formula is C12H22O11. The second-order valence-corrected chi connectivity index (χ2v) is 5.17. The number of Topliss-reactive ketones (excluding diaryl/α,β-unsaturated/α-hetero) is 1. The Labute approximate surface area is 132 Å². The predicted molar refractivity (Wildman–Crippen MR) is 69.9 cm³/mol. The highest BCUT2D eigenvalue weighted by Gasteiger charge is 2.49. The van der Waals surface area contributed by atoms with Crippen molar-refractivity contribution in [2.45, 2.75) is 54.9 Å². The van der Waals surface area contributed by atoms with E-state index in [9.17, 15) is 40.5 Å². The maximum Gasteiger partial charge on any atom is 0.195 e. The van der Waals surface area contributed by atoms with Crippen molar-refractivity contribution in [3.8, 4) is 0 Å². The maximum absolute atomic E-state index is 12.2. The van der Waals surface area contributed by atoms with Gasteiger partial charge in [-0.05, 0) is 0 Å². The number of ether oxygens (including phenoxy) is 1. The first-order valence-electron chi connectivity index (χ1n) is 7.23. The van der Waals surface area contributed by atoms with Crippen molar-refractivity contribution in [1.82, 2.24) is 0 Å². The lowest BCUT2D eigenvalue weighted by Gasteiger charge is -2.40. The molecule has 1 fully saturated rings. The molecule has 1 heterocycles. The lowest BCUT2D eigenvalue weighted by molar-refractivity contribution is -0.231. The Morgan fingerprint density at radius 1 is 1.00 bits per heavy atom. The molecule has 11 heteroatoms. The van der Waals surface area contributed by atoms with Gasteiger partial charge in [0.15, 0.2) is 5.78 Å². The second kappa shape index (κ2) is 8.39. The third-order valence-corrected chi connectivity index (χ3v) is 3.55. The van der Waals surface area contributed by atoms with E-state index in [4.69, 9.17) is 16.3 Å². The summed E-state index contributed by atoms with van der Waals surface area (Å²) in [5.41, 5.74) is 0. The standard InChI is InChI=1S/C12H22O11/c13-1-3(15)5(16)7(18)9(20)11(22)12-10(21)8(19)6(17)4(2-14)23-12/h3-10,12-21H,1-2H2/t3-,4-,5-,6-,7+,8+,9+,10-,12-/m1/s1/i12D. The molecule has 0 radical (unpaired) electrons. The van der Waals surface area contributed by atoms with Gasteiger partial charge in [0.25, 0.3) is 0 Å². The average molecular weight is 343 g/mol. The zero-order valence-corrected chi connectivity index (χ0v) is 11.9. The van der Waals surface area contributed by atoms with Crippen LogP contribution in [0.2, 0.25) is 0 Å². The number of carbonyl (C=O) groups excluding carboxylic acids is 1. The number of aliphatic hydroxyl groups is 9. The lowest BCUT2D eigenvalue weighted by Crippen LogP contribution is -2.63. The summed E-state index contributed by atoms with van der Waals surface area (Å²) in [6.45, 7) is -1.93. The van der Waals surface area contributed by atoms with Crippen LogP contribution in [0.4, 0.5) is 0 Å². The van der Waals surface area contributed by atoms with Crippen LogP contribution in [0.5, 0.6) is 0 Å². The van der Waals surface area contributed by atoms with E-state index in [0.29, 0.717) is 0 Å². The Hall–Kier alpha value is -0.730. The summed E-state index contributed by atoms with van der Waals surface area (Å²) in [4.78, 5) is 12.2. The Balaban J connectivity index is 3.02. The number of aliphatic hydroxyl groups excluding tert-OH is 9. The minimum Gasteiger partial charge on any atom is -0.394 e. The van der Waals surface area contributed by atoms with Crippen molar-refractivity contribution in [3.05, 3.63) is 0 Å². The van der Waals surface area contributed by atoms with Crippen molar-refractivity contribution in [3.63, 3.8) is 0 Å². The Morgan fingerprint density at radius 2 is 1.57 bits per heavy atom. The maximum atomic E-state index is 12.2. The third kappa shape index (κ3) is 4.22. The molecule has 23 heavy (non-hydrogen) atoms. The lowest BCUT2D eigenvalue weighted by atomic mass is 9.89. The molecule has 11 nitrogen and oxygen atoms in total. The van der Waals surface area contributed by atoms with Crippen LogP contribution >= 0.6 is 0 Å². The third-order valence-electron chi connectivity index (χ3n) is 3.55. The van der Waals surface area contributed by atoms with Gasteiger partial charge in [-0.15, -0.1) is 0 Å². The van der Waals surface area contributed by atoms with Gasteiger partial charge in [0, 0.05) is 0 Å². The number of carbonyl (C=O) groups is 1. The molecule has 9 atom stereocenters. The van der Waals surface area contributed by atoms with Gasteiger partial charge in [0.05, 0.1) is 14.6 Å². The van der Waals surface area contributed by atoms with Gasteiger partial charge < -0.3 is 50.7 Å². The SMILES string of the molecule is [2H][C@@]1(C(=O)[C@@H](O)[C@@H](O)[C@H](O)[C@H](O)CO)O[C@H](CO)[C@@H](O)[C@H](O)[C@H]1O. The molecule has 0 aromatic rings. The molecule has 9 N–H and O–H groups in total. The highest BCUT2D eigenvalue weighted by Crippen LogP contribution is 2.23. The molecule has 1 aliphatic rings. The van der Waals surface area contributed by atoms with E-state index in [-0.39, 0.29) is 0 Å². The Kier molecular flexibility index (Phi) is 6.79. The van der Waals surface area contributed by atoms with Crippen LogP contribution in [-0.2, 0) is 9.53 Å². The van der Waals surface area contributed by atoms with Gasteiger partial charge in [-0.3, -0.25) is 4.79 Å². The normalized spacial score (nSPS) is 40.8. The molecule has 0 bridgehead atoms. The molecule has 0 aliphatic carbocycles. The zero-order valence-electron chi connectivity index (χ0n) is 12.9. The smallest absolute Gasteiger partial charge is 0.195 e. The number of hydrogen-bond acceptors (Lipinski definition) is 11. The highest BCUT2D eigenvalue weighted by molar-refractivity contribution is 5.88. The highest BCUT2D eigenvalue weighted by atomic mass is 16.5. The van der Waals surface area contributed by atoms with Crippen molar-refractivity contribution >= 4 is 5.78 Å². The molecule has 1 rings (SSSR count). The minimum atomic E-state index is -3.07. The van der Waals surface area contributed by atoms with Crippen molar-refractivity contribution < 1.29 is 56.9 Å². The quantitative estimate of drug-likeness (QED) is 0.212. The fourth-order valence-corrected chi connectivity index (χ4v) is 2.04. The first kappa shape index (κ1) is 18.6. The van der Waals surface area contributed by atoms with Crippen molar-refractivity contribution in [1.29, 1.82) is 0 Å². The molecule has 0 aromatic heterocycles. The summed E-state index contributed by atoms with van der Waals surface area (Å²) in [6, 6.07) is 0. The van der Waals surface area contributed by atoms with E-state index in [1.807, 2.05) is 0 Å². The van der Waals surface area contributed by atoms with E-state index in [0.717, 1.165) is 0 Å². The second-order valence-electron chi connectivity index (χ2n) is 5.17. The molecular weight excluding hydrogens is 320 g/mol. The van der Waals surface area contributed by atoms with Gasteiger partial charge in [-0.25, -0.2) is 0 Å². The van der Waals surface area contributed by atoms with E-state index < -0.39 is 73.9 Å². The molecule has 0 spiro atoms. The largest absolute Gasteiger partial charge is 0.394 e. The Morgan fingerprint density at radius 3 is 2.04 bits per heavy atom. The minimum absolute atomic E-state index is 0.927. The fourth-order valence-electron chi connectivity index (χ4n) is 2.04. The van der Waals surface area contributed by atoms with E-state index in [1.165, 1.54) is 0 Å². The van der Waals surface area contributed by atoms with Crippen LogP contribution in [0.15, 0.2) is 0 Å². The summed E-state index contributed by atoms with van der Waals surface area (Å²) in [7, 11) is 0. The number of rotatable bonds is 7. The van der Waals surface area contributed by atoms with E-state index >= 15 is 0 Å². The van der Waals surface area contributed by atoms with E-state index in [1.54, 1.807) is 0 Å². The summed E-state index contributed by atoms with van der Waals surface area (Å²) < 4.78 is 12.6. The predicted octanol–water partition coefficient (Wildman–Crippen LogP) is -6.17. The van der Waals surface area contributed by atoms with Crippen LogP contribution < -0.4 is 0 Å². The van der Waals surface area contributed by atoms with Gasteiger partial charge in [0.2, 0.25) is 0 Å². The van der Waals surface area contributed by atoms with Gasteiger partial charge >= 0.3 is 0 Å². The summed E-state index contributed by atoms with van der Waals surface area (Å²) in [5, 5.41) is 84.8. The number of ketones is 1. The molecule has 0 amide bonds. The fraction of sp³-hybridized carbons (Fsp3) is 0.917. The van der Waals surface area contributed by atoms with Crippen molar-refractivity contribution in [2.75, 3.05) is 13.2 Å². The monoisotopic (exact) mass is 343 g/mol. The first-order valence-corrected chi connectivity index (χ1v) is 6.73. The summed E-state index contributed by atoms with van der Waals surface area (Å²) in [5.74, 6) is -1.70. The topological polar surface area (TPSA) is 208 Å². The van der Waals surface area contributed by atoms with Crippen molar-refractivity contribution in [2.24, 2.45) is 0 Å². The Bertz CT molecular complexity index is 435. The number of hydrogen-bond donors (Lipinski definition) is 9. The molecule has 1 aliphatic heterocycles. The molecule has 0 saturated carbocycles. The van der Waals surface area contributed by atoms with E-state index in [2.05, 4.69) is 0 Å². The average Bonchev–Trinajstić information content (AvgIpc) is 2.59. The van der Waals surface area contributed by atoms with Crippen LogP contribution in [-0.4, -0.2) is 120 Å². The van der Waals surface area contributed by atoms with Gasteiger partial charge in [-0.2, -0.15) is 0 Å². The van der Waals surface area contributed by atoms with Crippen LogP contribution in [0.3, 0.4) is 0 Å². The molecule has 0 aromatic carbocycles. The van der Waals surface area contributed by atoms with Gasteiger partial charge in [0.1, 0.15) is 54.9 Å². The van der Waals surface area contributed by atoms with Crippen LogP contribution in [0, 0.1) is 0 Å². The molecule has 136 valence electrons. The summed E-state index contributed by atoms with van der Waals surface area (Å²) >= 11 is 0. The first-order chi connectivity index (χ1) is 11.0. The van der Waals surface area contributed by atoms with Crippen LogP contribution in [0.1, 0.15) is 1.37 Å². The molecule has 0 unspecified atom stereocenters.